The molecule has 100 valence electrons. The fourth-order valence-electron chi connectivity index (χ4n) is 2.74. The lowest BCUT2D eigenvalue weighted by Crippen LogP contribution is -2.33. The van der Waals surface area contributed by atoms with Gasteiger partial charge in [0.2, 0.25) is 0 Å². The molecule has 1 saturated carbocycles. The van der Waals surface area contributed by atoms with Crippen LogP contribution in [0.1, 0.15) is 30.4 Å². The molecule has 0 saturated heterocycles. The SMILES string of the molecule is COc1ccc(CNC2CCCC2SC)cc1C. The summed E-state index contributed by atoms with van der Waals surface area (Å²) in [5.41, 5.74) is 2.56. The van der Waals surface area contributed by atoms with Crippen molar-refractivity contribution >= 4 is 11.8 Å². The Morgan fingerprint density at radius 2 is 2.22 bits per heavy atom. The molecule has 2 atom stereocenters. The predicted molar refractivity (Wildman–Crippen MR) is 79.5 cm³/mol. The van der Waals surface area contributed by atoms with E-state index in [1.54, 1.807) is 7.11 Å². The van der Waals surface area contributed by atoms with E-state index in [4.69, 9.17) is 4.74 Å². The minimum Gasteiger partial charge on any atom is -0.496 e. The average molecular weight is 265 g/mol. The van der Waals surface area contributed by atoms with Gasteiger partial charge in [-0.25, -0.2) is 0 Å². The molecule has 1 aliphatic rings. The quantitative estimate of drug-likeness (QED) is 0.882. The molecule has 1 aromatic rings. The van der Waals surface area contributed by atoms with E-state index in [1.165, 1.54) is 30.4 Å². The molecule has 1 aromatic carbocycles. The van der Waals surface area contributed by atoms with Gasteiger partial charge >= 0.3 is 0 Å². The van der Waals surface area contributed by atoms with Crippen LogP contribution in [0.25, 0.3) is 0 Å². The maximum absolute atomic E-state index is 5.29. The van der Waals surface area contributed by atoms with Crippen LogP contribution in [0.2, 0.25) is 0 Å². The zero-order chi connectivity index (χ0) is 13.0. The van der Waals surface area contributed by atoms with Crippen molar-refractivity contribution in [3.63, 3.8) is 0 Å². The number of ether oxygens (including phenoxy) is 1. The van der Waals surface area contributed by atoms with E-state index in [0.29, 0.717) is 6.04 Å². The van der Waals surface area contributed by atoms with Crippen LogP contribution in [0, 0.1) is 6.92 Å². The lowest BCUT2D eigenvalue weighted by molar-refractivity contribution is 0.411. The fraction of sp³-hybridized carbons (Fsp3) is 0.600. The third-order valence-corrected chi connectivity index (χ3v) is 4.95. The maximum Gasteiger partial charge on any atom is 0.121 e. The van der Waals surface area contributed by atoms with Crippen molar-refractivity contribution in [2.45, 2.75) is 44.0 Å². The summed E-state index contributed by atoms with van der Waals surface area (Å²) in [6.45, 7) is 3.06. The zero-order valence-electron chi connectivity index (χ0n) is 11.5. The Morgan fingerprint density at radius 3 is 2.89 bits per heavy atom. The van der Waals surface area contributed by atoms with E-state index < -0.39 is 0 Å². The summed E-state index contributed by atoms with van der Waals surface area (Å²) in [6.07, 6.45) is 6.27. The fourth-order valence-corrected chi connectivity index (χ4v) is 3.70. The lowest BCUT2D eigenvalue weighted by Gasteiger charge is -2.19. The van der Waals surface area contributed by atoms with Gasteiger partial charge < -0.3 is 10.1 Å². The average Bonchev–Trinajstić information content (AvgIpc) is 2.84. The highest BCUT2D eigenvalue weighted by Gasteiger charge is 2.25. The molecule has 0 amide bonds. The predicted octanol–water partition coefficient (Wildman–Crippen LogP) is 3.38. The van der Waals surface area contributed by atoms with Crippen molar-refractivity contribution in [1.29, 1.82) is 0 Å². The molecule has 0 radical (unpaired) electrons. The van der Waals surface area contributed by atoms with Crippen molar-refractivity contribution in [3.8, 4) is 5.75 Å². The van der Waals surface area contributed by atoms with Crippen LogP contribution in [0.3, 0.4) is 0 Å². The van der Waals surface area contributed by atoms with Gasteiger partial charge in [-0.15, -0.1) is 0 Å². The van der Waals surface area contributed by atoms with Crippen LogP contribution in [0.15, 0.2) is 18.2 Å². The Kier molecular flexibility index (Phi) is 4.95. The number of benzene rings is 1. The lowest BCUT2D eigenvalue weighted by atomic mass is 10.1. The van der Waals surface area contributed by atoms with Gasteiger partial charge in [-0.3, -0.25) is 0 Å². The topological polar surface area (TPSA) is 21.3 Å². The minimum absolute atomic E-state index is 0.683. The highest BCUT2D eigenvalue weighted by Crippen LogP contribution is 2.28. The molecule has 1 N–H and O–H groups in total. The molecule has 0 aliphatic heterocycles. The Hall–Kier alpha value is -0.670. The molecule has 0 bridgehead atoms. The standard InChI is InChI=1S/C15H23NOS/c1-11-9-12(7-8-14(11)17-2)10-16-13-5-4-6-15(13)18-3/h7-9,13,15-16H,4-6,10H2,1-3H3. The summed E-state index contributed by atoms with van der Waals surface area (Å²) >= 11 is 2.00. The molecule has 2 unspecified atom stereocenters. The maximum atomic E-state index is 5.29. The third kappa shape index (κ3) is 3.21. The molecule has 18 heavy (non-hydrogen) atoms. The van der Waals surface area contributed by atoms with Crippen LogP contribution in [0.4, 0.5) is 0 Å². The summed E-state index contributed by atoms with van der Waals surface area (Å²) in [6, 6.07) is 7.12. The third-order valence-electron chi connectivity index (χ3n) is 3.78. The molecule has 2 rings (SSSR count). The van der Waals surface area contributed by atoms with Gasteiger partial charge in [0.05, 0.1) is 7.11 Å². The normalized spacial score (nSPS) is 23.3. The number of rotatable bonds is 5. The molecule has 3 heteroatoms. The van der Waals surface area contributed by atoms with Crippen LogP contribution < -0.4 is 10.1 Å². The second-order valence-corrected chi connectivity index (χ2v) is 6.07. The molecule has 1 aliphatic carbocycles. The summed E-state index contributed by atoms with van der Waals surface area (Å²) in [4.78, 5) is 0. The van der Waals surface area contributed by atoms with E-state index in [9.17, 15) is 0 Å². The van der Waals surface area contributed by atoms with Crippen molar-refractivity contribution in [1.82, 2.24) is 5.32 Å². The number of aryl methyl sites for hydroxylation is 1. The highest BCUT2D eigenvalue weighted by molar-refractivity contribution is 7.99. The van der Waals surface area contributed by atoms with Crippen LogP contribution >= 0.6 is 11.8 Å². The Morgan fingerprint density at radius 1 is 1.39 bits per heavy atom. The summed E-state index contributed by atoms with van der Waals surface area (Å²) < 4.78 is 5.29. The molecular weight excluding hydrogens is 242 g/mol. The van der Waals surface area contributed by atoms with Crippen LogP contribution in [0.5, 0.6) is 5.75 Å². The first kappa shape index (κ1) is 13.8. The monoisotopic (exact) mass is 265 g/mol. The highest BCUT2D eigenvalue weighted by atomic mass is 32.2. The van der Waals surface area contributed by atoms with Gasteiger partial charge in [-0.05, 0) is 43.2 Å². The van der Waals surface area contributed by atoms with E-state index in [-0.39, 0.29) is 0 Å². The zero-order valence-corrected chi connectivity index (χ0v) is 12.3. The van der Waals surface area contributed by atoms with Crippen molar-refractivity contribution < 1.29 is 4.74 Å². The molecule has 1 fully saturated rings. The number of methoxy groups -OCH3 is 1. The van der Waals surface area contributed by atoms with Crippen molar-refractivity contribution in [2.75, 3.05) is 13.4 Å². The van der Waals surface area contributed by atoms with Gasteiger partial charge in [-0.2, -0.15) is 11.8 Å². The van der Waals surface area contributed by atoms with Crippen molar-refractivity contribution in [3.05, 3.63) is 29.3 Å². The molecular formula is C15H23NOS. The van der Waals surface area contributed by atoms with Crippen LogP contribution in [-0.2, 0) is 6.54 Å². The number of hydrogen-bond acceptors (Lipinski definition) is 3. The van der Waals surface area contributed by atoms with Gasteiger partial charge in [0, 0.05) is 17.8 Å². The number of thioether (sulfide) groups is 1. The minimum atomic E-state index is 0.683. The van der Waals surface area contributed by atoms with Gasteiger partial charge in [0.15, 0.2) is 0 Å². The Labute approximate surface area is 114 Å². The molecule has 2 nitrogen and oxygen atoms in total. The Bertz CT molecular complexity index is 394. The first-order chi connectivity index (χ1) is 8.74. The Balaban J connectivity index is 1.92. The second kappa shape index (κ2) is 6.48. The van der Waals surface area contributed by atoms with Gasteiger partial charge in [0.1, 0.15) is 5.75 Å². The van der Waals surface area contributed by atoms with Gasteiger partial charge in [0.25, 0.3) is 0 Å². The second-order valence-electron chi connectivity index (χ2n) is 5.00. The number of hydrogen-bond donors (Lipinski definition) is 1. The number of nitrogens with one attached hydrogen (secondary N) is 1. The first-order valence-electron chi connectivity index (χ1n) is 6.64. The smallest absolute Gasteiger partial charge is 0.121 e. The first-order valence-corrected chi connectivity index (χ1v) is 7.93. The molecule has 0 aromatic heterocycles. The largest absolute Gasteiger partial charge is 0.496 e. The van der Waals surface area contributed by atoms with Crippen LogP contribution in [-0.4, -0.2) is 24.7 Å². The summed E-state index contributed by atoms with van der Waals surface area (Å²) in [7, 11) is 1.72. The summed E-state index contributed by atoms with van der Waals surface area (Å²) in [5.74, 6) is 0.974. The molecule has 0 spiro atoms. The van der Waals surface area contributed by atoms with Crippen molar-refractivity contribution in [2.24, 2.45) is 0 Å². The van der Waals surface area contributed by atoms with E-state index in [0.717, 1.165) is 17.5 Å². The molecule has 0 heterocycles. The summed E-state index contributed by atoms with van der Waals surface area (Å²) in [5, 5.41) is 4.50. The van der Waals surface area contributed by atoms with E-state index >= 15 is 0 Å². The van der Waals surface area contributed by atoms with E-state index in [1.807, 2.05) is 11.8 Å². The van der Waals surface area contributed by atoms with E-state index in [2.05, 4.69) is 36.7 Å². The van der Waals surface area contributed by atoms with Gasteiger partial charge in [-0.1, -0.05) is 18.6 Å².